The first kappa shape index (κ1) is 16.8. The van der Waals surface area contributed by atoms with E-state index in [1.807, 2.05) is 62.4 Å². The predicted octanol–water partition coefficient (Wildman–Crippen LogP) is 4.81. The Bertz CT molecular complexity index is 795. The maximum absolute atomic E-state index is 12.1. The summed E-state index contributed by atoms with van der Waals surface area (Å²) in [5.41, 5.74) is 1.74. The van der Waals surface area contributed by atoms with Crippen LogP contribution in [-0.4, -0.2) is 22.7 Å². The summed E-state index contributed by atoms with van der Waals surface area (Å²) in [5.74, 6) is 1.09. The number of thioether (sulfide) groups is 1. The van der Waals surface area contributed by atoms with E-state index in [1.165, 1.54) is 11.8 Å². The first-order valence-corrected chi connectivity index (χ1v) is 9.45. The zero-order valence-electron chi connectivity index (χ0n) is 13.5. The molecule has 0 atom stereocenters. The maximum Gasteiger partial charge on any atom is 0.234 e. The van der Waals surface area contributed by atoms with Crippen molar-refractivity contribution in [2.24, 2.45) is 0 Å². The maximum atomic E-state index is 12.1. The van der Waals surface area contributed by atoms with Gasteiger partial charge in [0.1, 0.15) is 5.75 Å². The molecule has 3 rings (SSSR count). The third-order valence-electron chi connectivity index (χ3n) is 3.11. The smallest absolute Gasteiger partial charge is 0.234 e. The summed E-state index contributed by atoms with van der Waals surface area (Å²) in [5, 5.41) is 2.89. The summed E-state index contributed by atoms with van der Waals surface area (Å²) in [7, 11) is 0. The molecule has 0 fully saturated rings. The Balaban J connectivity index is 1.53. The number of anilines is 1. The molecule has 0 saturated heterocycles. The third-order valence-corrected chi connectivity index (χ3v) is 5.29. The highest BCUT2D eigenvalue weighted by atomic mass is 32.2. The van der Waals surface area contributed by atoms with Crippen molar-refractivity contribution in [3.05, 3.63) is 48.5 Å². The molecule has 3 aromatic rings. The van der Waals surface area contributed by atoms with Crippen molar-refractivity contribution >= 4 is 44.9 Å². The van der Waals surface area contributed by atoms with Gasteiger partial charge in [-0.1, -0.05) is 23.9 Å². The van der Waals surface area contributed by atoms with Gasteiger partial charge in [0.05, 0.1) is 22.1 Å². The standard InChI is InChI=1S/C18H18N2O2S2/c1-12(2)22-14-9-7-13(8-10-14)19-17(21)11-23-18-20-15-5-3-4-6-16(15)24-18/h3-10,12H,11H2,1-2H3,(H,19,21). The number of fused-ring (bicyclic) bond motifs is 1. The van der Waals surface area contributed by atoms with E-state index in [0.717, 1.165) is 26.0 Å². The Labute approximate surface area is 149 Å². The summed E-state index contributed by atoms with van der Waals surface area (Å²) in [4.78, 5) is 16.6. The molecule has 0 saturated carbocycles. The average Bonchev–Trinajstić information content (AvgIpc) is 2.97. The molecule has 6 heteroatoms. The number of rotatable bonds is 6. The molecule has 0 spiro atoms. The molecule has 0 aliphatic heterocycles. The second-order valence-electron chi connectivity index (χ2n) is 5.48. The van der Waals surface area contributed by atoms with Crippen LogP contribution in [0, 0.1) is 0 Å². The first-order chi connectivity index (χ1) is 11.6. The van der Waals surface area contributed by atoms with Gasteiger partial charge < -0.3 is 10.1 Å². The van der Waals surface area contributed by atoms with Gasteiger partial charge in [0.2, 0.25) is 5.91 Å². The fraction of sp³-hybridized carbons (Fsp3) is 0.222. The second kappa shape index (κ2) is 7.68. The number of carbonyl (C=O) groups excluding carboxylic acids is 1. The van der Waals surface area contributed by atoms with Crippen LogP contribution < -0.4 is 10.1 Å². The van der Waals surface area contributed by atoms with Gasteiger partial charge in [0.15, 0.2) is 4.34 Å². The quantitative estimate of drug-likeness (QED) is 0.642. The number of hydrogen-bond donors (Lipinski definition) is 1. The van der Waals surface area contributed by atoms with Crippen LogP contribution in [0.25, 0.3) is 10.2 Å². The third kappa shape index (κ3) is 4.49. The van der Waals surface area contributed by atoms with Gasteiger partial charge in [-0.2, -0.15) is 0 Å². The van der Waals surface area contributed by atoms with E-state index in [2.05, 4.69) is 10.3 Å². The highest BCUT2D eigenvalue weighted by Crippen LogP contribution is 2.29. The van der Waals surface area contributed by atoms with Crippen LogP contribution in [0.1, 0.15) is 13.8 Å². The number of nitrogens with one attached hydrogen (secondary N) is 1. The molecule has 0 radical (unpaired) electrons. The van der Waals surface area contributed by atoms with Crippen molar-refractivity contribution in [2.45, 2.75) is 24.3 Å². The fourth-order valence-corrected chi connectivity index (χ4v) is 3.99. The Hall–Kier alpha value is -2.05. The van der Waals surface area contributed by atoms with Crippen molar-refractivity contribution in [3.63, 3.8) is 0 Å². The van der Waals surface area contributed by atoms with E-state index in [4.69, 9.17) is 4.74 Å². The Morgan fingerprint density at radius 1 is 1.21 bits per heavy atom. The van der Waals surface area contributed by atoms with Crippen molar-refractivity contribution in [2.75, 3.05) is 11.1 Å². The van der Waals surface area contributed by atoms with Crippen LogP contribution in [0.5, 0.6) is 5.75 Å². The predicted molar refractivity (Wildman–Crippen MR) is 101 cm³/mol. The lowest BCUT2D eigenvalue weighted by molar-refractivity contribution is -0.113. The zero-order valence-corrected chi connectivity index (χ0v) is 15.1. The molecular formula is C18H18N2O2S2. The van der Waals surface area contributed by atoms with Gasteiger partial charge in [0, 0.05) is 5.69 Å². The van der Waals surface area contributed by atoms with E-state index < -0.39 is 0 Å². The van der Waals surface area contributed by atoms with Crippen LogP contribution in [0.4, 0.5) is 5.69 Å². The van der Waals surface area contributed by atoms with Gasteiger partial charge in [-0.3, -0.25) is 4.79 Å². The molecule has 1 amide bonds. The van der Waals surface area contributed by atoms with Crippen molar-refractivity contribution in [1.29, 1.82) is 0 Å². The summed E-state index contributed by atoms with van der Waals surface area (Å²) >= 11 is 3.06. The number of nitrogens with zero attached hydrogens (tertiary/aromatic N) is 1. The first-order valence-electron chi connectivity index (χ1n) is 7.65. The number of amides is 1. The molecule has 1 aromatic heterocycles. The number of carbonyl (C=O) groups is 1. The summed E-state index contributed by atoms with van der Waals surface area (Å²) < 4.78 is 7.63. The number of aromatic nitrogens is 1. The summed E-state index contributed by atoms with van der Waals surface area (Å²) in [6.45, 7) is 3.96. The Kier molecular flexibility index (Phi) is 5.37. The second-order valence-corrected chi connectivity index (χ2v) is 7.73. The van der Waals surface area contributed by atoms with Crippen molar-refractivity contribution < 1.29 is 9.53 Å². The van der Waals surface area contributed by atoms with Crippen LogP contribution in [0.3, 0.4) is 0 Å². The van der Waals surface area contributed by atoms with Crippen LogP contribution >= 0.6 is 23.1 Å². The van der Waals surface area contributed by atoms with E-state index >= 15 is 0 Å². The molecule has 1 N–H and O–H groups in total. The minimum absolute atomic E-state index is 0.0446. The van der Waals surface area contributed by atoms with Crippen LogP contribution in [0.15, 0.2) is 52.9 Å². The number of benzene rings is 2. The van der Waals surface area contributed by atoms with Crippen molar-refractivity contribution in [1.82, 2.24) is 4.98 Å². The highest BCUT2D eigenvalue weighted by molar-refractivity contribution is 8.01. The number of para-hydroxylation sites is 1. The molecule has 0 aliphatic carbocycles. The SMILES string of the molecule is CC(C)Oc1ccc(NC(=O)CSc2nc3ccccc3s2)cc1. The molecule has 0 unspecified atom stereocenters. The fourth-order valence-electron chi connectivity index (χ4n) is 2.13. The molecule has 0 aliphatic rings. The lowest BCUT2D eigenvalue weighted by atomic mass is 10.3. The van der Waals surface area contributed by atoms with E-state index in [9.17, 15) is 4.79 Å². The normalized spacial score (nSPS) is 11.0. The topological polar surface area (TPSA) is 51.2 Å². The lowest BCUT2D eigenvalue weighted by Gasteiger charge is -2.10. The monoisotopic (exact) mass is 358 g/mol. The van der Waals surface area contributed by atoms with Crippen LogP contribution in [0.2, 0.25) is 0 Å². The molecule has 1 heterocycles. The van der Waals surface area contributed by atoms with Gasteiger partial charge in [-0.15, -0.1) is 11.3 Å². The van der Waals surface area contributed by atoms with Crippen LogP contribution in [-0.2, 0) is 4.79 Å². The number of ether oxygens (including phenoxy) is 1. The summed E-state index contributed by atoms with van der Waals surface area (Å²) in [6, 6.07) is 15.4. The molecule has 0 bridgehead atoms. The summed E-state index contributed by atoms with van der Waals surface area (Å²) in [6.07, 6.45) is 0.135. The zero-order chi connectivity index (χ0) is 16.9. The Morgan fingerprint density at radius 3 is 2.67 bits per heavy atom. The average molecular weight is 358 g/mol. The Morgan fingerprint density at radius 2 is 1.96 bits per heavy atom. The largest absolute Gasteiger partial charge is 0.491 e. The lowest BCUT2D eigenvalue weighted by Crippen LogP contribution is -2.14. The molecular weight excluding hydrogens is 340 g/mol. The van der Waals surface area contributed by atoms with Gasteiger partial charge in [-0.05, 0) is 50.2 Å². The minimum Gasteiger partial charge on any atom is -0.491 e. The van der Waals surface area contributed by atoms with Crippen molar-refractivity contribution in [3.8, 4) is 5.75 Å². The highest BCUT2D eigenvalue weighted by Gasteiger charge is 2.08. The number of hydrogen-bond acceptors (Lipinski definition) is 5. The van der Waals surface area contributed by atoms with E-state index in [0.29, 0.717) is 5.75 Å². The molecule has 4 nitrogen and oxygen atoms in total. The van der Waals surface area contributed by atoms with Gasteiger partial charge >= 0.3 is 0 Å². The minimum atomic E-state index is -0.0446. The van der Waals surface area contributed by atoms with Gasteiger partial charge in [0.25, 0.3) is 0 Å². The molecule has 124 valence electrons. The molecule has 24 heavy (non-hydrogen) atoms. The molecule has 2 aromatic carbocycles. The van der Waals surface area contributed by atoms with E-state index in [-0.39, 0.29) is 12.0 Å². The number of thiazole rings is 1. The van der Waals surface area contributed by atoms with E-state index in [1.54, 1.807) is 11.3 Å². The van der Waals surface area contributed by atoms with Gasteiger partial charge in [-0.25, -0.2) is 4.98 Å².